The fourth-order valence-corrected chi connectivity index (χ4v) is 3.92. The zero-order chi connectivity index (χ0) is 19.9. The number of aryl methyl sites for hydroxylation is 2. The second-order valence-electron chi connectivity index (χ2n) is 7.55. The Kier molecular flexibility index (Phi) is 4.89. The molecule has 28 heavy (non-hydrogen) atoms. The number of carbonyl (C=O) groups is 1. The number of benzene rings is 1. The monoisotopic (exact) mass is 387 g/mol. The van der Waals surface area contributed by atoms with Gasteiger partial charge in [0.05, 0.1) is 18.6 Å². The summed E-state index contributed by atoms with van der Waals surface area (Å²) in [5, 5.41) is 0.737. The van der Waals surface area contributed by atoms with Crippen LogP contribution in [0, 0.1) is 20.8 Å². The molecule has 2 saturated heterocycles. The van der Waals surface area contributed by atoms with E-state index < -0.39 is 5.79 Å². The van der Waals surface area contributed by atoms with Crippen molar-refractivity contribution in [1.29, 1.82) is 0 Å². The van der Waals surface area contributed by atoms with Crippen molar-refractivity contribution in [2.24, 2.45) is 0 Å². The minimum absolute atomic E-state index is 0.0646. The van der Waals surface area contributed by atoms with Gasteiger partial charge in [0.15, 0.2) is 12.4 Å². The van der Waals surface area contributed by atoms with Gasteiger partial charge in [-0.1, -0.05) is 0 Å². The van der Waals surface area contributed by atoms with E-state index in [0.29, 0.717) is 56.0 Å². The number of likely N-dealkylation sites (tertiary alicyclic amines) is 1. The Hall–Kier alpha value is -2.38. The second kappa shape index (κ2) is 7.22. The maximum atomic E-state index is 12.6. The predicted molar refractivity (Wildman–Crippen MR) is 103 cm³/mol. The molecule has 7 heteroatoms. The molecule has 1 spiro atoms. The van der Waals surface area contributed by atoms with Crippen molar-refractivity contribution < 1.29 is 23.4 Å². The van der Waals surface area contributed by atoms with Gasteiger partial charge in [-0.2, -0.15) is 0 Å². The van der Waals surface area contributed by atoms with Crippen LogP contribution in [0.4, 0.5) is 0 Å². The summed E-state index contributed by atoms with van der Waals surface area (Å²) in [4.78, 5) is 26.4. The van der Waals surface area contributed by atoms with Gasteiger partial charge in [0.2, 0.25) is 0 Å². The molecule has 0 saturated carbocycles. The number of rotatable bonds is 3. The van der Waals surface area contributed by atoms with Crippen LogP contribution in [-0.4, -0.2) is 49.5 Å². The van der Waals surface area contributed by atoms with Crippen LogP contribution in [0.5, 0.6) is 5.75 Å². The van der Waals surface area contributed by atoms with Crippen molar-refractivity contribution >= 4 is 16.9 Å². The molecule has 4 rings (SSSR count). The van der Waals surface area contributed by atoms with Crippen molar-refractivity contribution in [3.05, 3.63) is 39.2 Å². The highest BCUT2D eigenvalue weighted by atomic mass is 16.7. The predicted octanol–water partition coefficient (Wildman–Crippen LogP) is 2.46. The average molecular weight is 387 g/mol. The van der Waals surface area contributed by atoms with Gasteiger partial charge in [0.1, 0.15) is 11.3 Å². The molecule has 7 nitrogen and oxygen atoms in total. The first kappa shape index (κ1) is 19.0. The van der Waals surface area contributed by atoms with Crippen LogP contribution in [0.1, 0.15) is 29.5 Å². The van der Waals surface area contributed by atoms with Gasteiger partial charge in [-0.25, -0.2) is 4.79 Å². The zero-order valence-corrected chi connectivity index (χ0v) is 16.5. The molecular formula is C21H25NO6. The highest BCUT2D eigenvalue weighted by Gasteiger charge is 2.40. The van der Waals surface area contributed by atoms with E-state index in [1.807, 2.05) is 26.0 Å². The van der Waals surface area contributed by atoms with Crippen LogP contribution in [0.25, 0.3) is 11.0 Å². The Bertz CT molecular complexity index is 963. The third kappa shape index (κ3) is 3.40. The zero-order valence-electron chi connectivity index (χ0n) is 16.5. The van der Waals surface area contributed by atoms with Crippen LogP contribution in [-0.2, 0) is 14.3 Å². The van der Waals surface area contributed by atoms with Gasteiger partial charge in [-0.15, -0.1) is 0 Å². The number of amides is 1. The first-order chi connectivity index (χ1) is 13.4. The first-order valence-electron chi connectivity index (χ1n) is 9.62. The smallest absolute Gasteiger partial charge is 0.339 e. The van der Waals surface area contributed by atoms with Gasteiger partial charge in [0, 0.05) is 31.5 Å². The SMILES string of the molecule is Cc1cc(OCC(=O)N2CCC3(CC2)OCCO3)c2c(C)c(C)c(=O)oc2c1. The topological polar surface area (TPSA) is 78.2 Å². The Balaban J connectivity index is 1.49. The standard InChI is InChI=1S/C21H25NO6/c1-13-10-16(19-14(2)15(3)20(24)28-17(19)11-13)25-12-18(23)22-6-4-21(5-7-22)26-8-9-27-21/h10-11H,4-9,12H2,1-3H3. The van der Waals surface area contributed by atoms with Crippen LogP contribution in [0.3, 0.4) is 0 Å². The summed E-state index contributed by atoms with van der Waals surface area (Å²) >= 11 is 0. The molecule has 0 bridgehead atoms. The van der Waals surface area contributed by atoms with Gasteiger partial charge < -0.3 is 23.5 Å². The number of hydrogen-bond donors (Lipinski definition) is 0. The summed E-state index contributed by atoms with van der Waals surface area (Å²) in [7, 11) is 0. The Morgan fingerprint density at radius 1 is 1.11 bits per heavy atom. The number of piperidine rings is 1. The third-order valence-corrected chi connectivity index (χ3v) is 5.70. The van der Waals surface area contributed by atoms with Crippen LogP contribution < -0.4 is 10.4 Å². The summed E-state index contributed by atoms with van der Waals surface area (Å²) in [5.74, 6) is -0.0192. The van der Waals surface area contributed by atoms with Crippen LogP contribution in [0.15, 0.2) is 21.3 Å². The molecule has 2 aliphatic rings. The van der Waals surface area contributed by atoms with Gasteiger partial charge in [-0.3, -0.25) is 4.79 Å². The summed E-state index contributed by atoms with van der Waals surface area (Å²) in [6, 6.07) is 3.68. The van der Waals surface area contributed by atoms with Gasteiger partial charge in [0.25, 0.3) is 5.91 Å². The Morgan fingerprint density at radius 3 is 2.46 bits per heavy atom. The highest BCUT2D eigenvalue weighted by Crippen LogP contribution is 2.32. The van der Waals surface area contributed by atoms with Crippen molar-refractivity contribution in [3.63, 3.8) is 0 Å². The third-order valence-electron chi connectivity index (χ3n) is 5.70. The lowest BCUT2D eigenvalue weighted by Gasteiger charge is -2.37. The Labute approximate surface area is 163 Å². The van der Waals surface area contributed by atoms with E-state index >= 15 is 0 Å². The van der Waals surface area contributed by atoms with Crippen molar-refractivity contribution in [3.8, 4) is 5.75 Å². The molecule has 1 amide bonds. The van der Waals surface area contributed by atoms with E-state index in [1.165, 1.54) is 0 Å². The Morgan fingerprint density at radius 2 is 1.79 bits per heavy atom. The molecule has 3 heterocycles. The summed E-state index contributed by atoms with van der Waals surface area (Å²) in [6.07, 6.45) is 1.35. The molecule has 150 valence electrons. The molecular weight excluding hydrogens is 362 g/mol. The molecule has 1 aromatic heterocycles. The fraction of sp³-hybridized carbons (Fsp3) is 0.524. The van der Waals surface area contributed by atoms with Crippen LogP contribution >= 0.6 is 0 Å². The number of hydrogen-bond acceptors (Lipinski definition) is 6. The number of fused-ring (bicyclic) bond motifs is 1. The molecule has 0 N–H and O–H groups in total. The van der Waals surface area contributed by atoms with Crippen molar-refractivity contribution in [2.45, 2.75) is 39.4 Å². The quantitative estimate of drug-likeness (QED) is 0.753. The highest BCUT2D eigenvalue weighted by molar-refractivity contribution is 5.88. The minimum atomic E-state index is -0.503. The number of nitrogens with zero attached hydrogens (tertiary/aromatic N) is 1. The maximum Gasteiger partial charge on any atom is 0.339 e. The molecule has 2 aliphatic heterocycles. The van der Waals surface area contributed by atoms with E-state index in [0.717, 1.165) is 16.5 Å². The van der Waals surface area contributed by atoms with Crippen molar-refractivity contribution in [2.75, 3.05) is 32.9 Å². The lowest BCUT2D eigenvalue weighted by Crippen LogP contribution is -2.48. The lowest BCUT2D eigenvalue weighted by atomic mass is 10.0. The maximum absolute atomic E-state index is 12.6. The molecule has 0 atom stereocenters. The summed E-state index contributed by atoms with van der Waals surface area (Å²) in [5.41, 5.74) is 2.38. The molecule has 0 aliphatic carbocycles. The van der Waals surface area contributed by atoms with E-state index in [-0.39, 0.29) is 18.1 Å². The fourth-order valence-electron chi connectivity index (χ4n) is 3.92. The van der Waals surface area contributed by atoms with E-state index in [2.05, 4.69) is 0 Å². The summed E-state index contributed by atoms with van der Waals surface area (Å²) < 4.78 is 22.7. The van der Waals surface area contributed by atoms with E-state index in [1.54, 1.807) is 11.8 Å². The minimum Gasteiger partial charge on any atom is -0.483 e. The molecule has 2 aromatic rings. The molecule has 0 unspecified atom stereocenters. The lowest BCUT2D eigenvalue weighted by molar-refractivity contribution is -0.187. The van der Waals surface area contributed by atoms with E-state index in [9.17, 15) is 9.59 Å². The molecule has 0 radical (unpaired) electrons. The largest absolute Gasteiger partial charge is 0.483 e. The average Bonchev–Trinajstić information content (AvgIpc) is 3.12. The number of ether oxygens (including phenoxy) is 3. The second-order valence-corrected chi connectivity index (χ2v) is 7.55. The molecule has 1 aromatic carbocycles. The normalized spacial score (nSPS) is 18.8. The van der Waals surface area contributed by atoms with Gasteiger partial charge in [-0.05, 0) is 44.0 Å². The first-order valence-corrected chi connectivity index (χ1v) is 9.62. The van der Waals surface area contributed by atoms with E-state index in [4.69, 9.17) is 18.6 Å². The van der Waals surface area contributed by atoms with Gasteiger partial charge >= 0.3 is 5.63 Å². The van der Waals surface area contributed by atoms with Crippen molar-refractivity contribution in [1.82, 2.24) is 4.90 Å². The molecule has 2 fully saturated rings. The number of carbonyl (C=O) groups excluding carboxylic acids is 1. The summed E-state index contributed by atoms with van der Waals surface area (Å²) in [6.45, 7) is 7.84. The van der Waals surface area contributed by atoms with Crippen LogP contribution in [0.2, 0.25) is 0 Å².